The highest BCUT2D eigenvalue weighted by Gasteiger charge is 2.35. The van der Waals surface area contributed by atoms with E-state index in [1.807, 2.05) is 35.0 Å². The highest BCUT2D eigenvalue weighted by Crippen LogP contribution is 2.36. The first-order chi connectivity index (χ1) is 16.9. The van der Waals surface area contributed by atoms with Crippen LogP contribution in [-0.2, 0) is 27.4 Å². The minimum Gasteiger partial charge on any atom is -0.385 e. The van der Waals surface area contributed by atoms with E-state index in [2.05, 4.69) is 21.2 Å². The van der Waals surface area contributed by atoms with Crippen molar-refractivity contribution in [2.75, 3.05) is 20.3 Å². The first-order valence-electron chi connectivity index (χ1n) is 10.9. The standard InChI is InChI=1S/C25H23BrClN3O4S/c1-34-10-4-9-28-23(31)15-29-13-17(19-12-18(26)7-8-21(19)29)11-22-24(32)30(25(33)35-22)14-16-5-2-3-6-20(16)27/h2-3,5-8,11-13H,4,9-10,14-15H2,1H3,(H,28,31)/b22-11-. The van der Waals surface area contributed by atoms with Crippen LogP contribution in [0.5, 0.6) is 0 Å². The van der Waals surface area contributed by atoms with Crippen molar-refractivity contribution < 1.29 is 19.1 Å². The number of amides is 3. The zero-order valence-electron chi connectivity index (χ0n) is 18.9. The monoisotopic (exact) mass is 575 g/mol. The summed E-state index contributed by atoms with van der Waals surface area (Å²) in [5.41, 5.74) is 2.30. The molecule has 1 aromatic heterocycles. The molecule has 0 saturated carbocycles. The summed E-state index contributed by atoms with van der Waals surface area (Å²) in [5.74, 6) is -0.487. The summed E-state index contributed by atoms with van der Waals surface area (Å²) in [5, 5.41) is 3.91. The molecule has 1 aliphatic rings. The maximum atomic E-state index is 13.1. The van der Waals surface area contributed by atoms with Crippen molar-refractivity contribution in [2.45, 2.75) is 19.5 Å². The topological polar surface area (TPSA) is 80.6 Å². The number of methoxy groups -OCH3 is 1. The summed E-state index contributed by atoms with van der Waals surface area (Å²) >= 11 is 10.6. The molecule has 7 nitrogen and oxygen atoms in total. The number of carbonyl (C=O) groups excluding carboxylic acids is 3. The molecule has 3 aromatic rings. The third kappa shape index (κ3) is 5.98. The Morgan fingerprint density at radius 3 is 2.80 bits per heavy atom. The molecule has 1 fully saturated rings. The molecule has 0 radical (unpaired) electrons. The van der Waals surface area contributed by atoms with E-state index in [1.54, 1.807) is 31.4 Å². The van der Waals surface area contributed by atoms with Gasteiger partial charge in [0.25, 0.3) is 11.1 Å². The van der Waals surface area contributed by atoms with Crippen LogP contribution in [0.2, 0.25) is 5.02 Å². The lowest BCUT2D eigenvalue weighted by atomic mass is 10.1. The van der Waals surface area contributed by atoms with E-state index in [4.69, 9.17) is 16.3 Å². The number of rotatable bonds is 9. The Morgan fingerprint density at radius 1 is 1.23 bits per heavy atom. The second-order valence-electron chi connectivity index (χ2n) is 7.93. The fourth-order valence-electron chi connectivity index (χ4n) is 3.77. The van der Waals surface area contributed by atoms with Gasteiger partial charge in [-0.1, -0.05) is 45.7 Å². The molecular weight excluding hydrogens is 554 g/mol. The Hall–Kier alpha value is -2.59. The quantitative estimate of drug-likeness (QED) is 0.271. The van der Waals surface area contributed by atoms with E-state index < -0.39 is 0 Å². The molecule has 1 N–H and O–H groups in total. The first-order valence-corrected chi connectivity index (χ1v) is 12.9. The molecule has 2 heterocycles. The molecule has 35 heavy (non-hydrogen) atoms. The number of hydrogen-bond donors (Lipinski definition) is 1. The molecule has 0 bridgehead atoms. The zero-order valence-corrected chi connectivity index (χ0v) is 22.1. The van der Waals surface area contributed by atoms with Gasteiger partial charge in [0.15, 0.2) is 0 Å². The Bertz CT molecular complexity index is 1320. The molecule has 0 aliphatic carbocycles. The molecular formula is C25H23BrClN3O4S. The number of carbonyl (C=O) groups is 3. The lowest BCUT2D eigenvalue weighted by Gasteiger charge is -2.13. The lowest BCUT2D eigenvalue weighted by molar-refractivity contribution is -0.123. The maximum Gasteiger partial charge on any atom is 0.293 e. The van der Waals surface area contributed by atoms with Crippen molar-refractivity contribution in [3.8, 4) is 0 Å². The van der Waals surface area contributed by atoms with Crippen LogP contribution in [-0.4, -0.2) is 46.8 Å². The van der Waals surface area contributed by atoms with Crippen LogP contribution in [0.3, 0.4) is 0 Å². The average Bonchev–Trinajstić information content (AvgIpc) is 3.29. The minimum atomic E-state index is -0.369. The fourth-order valence-corrected chi connectivity index (χ4v) is 5.16. The molecule has 0 atom stereocenters. The smallest absolute Gasteiger partial charge is 0.293 e. The van der Waals surface area contributed by atoms with E-state index in [-0.39, 0.29) is 30.1 Å². The number of aromatic nitrogens is 1. The van der Waals surface area contributed by atoms with Crippen LogP contribution in [0.4, 0.5) is 4.79 Å². The Balaban J connectivity index is 1.58. The van der Waals surface area contributed by atoms with Crippen LogP contribution < -0.4 is 5.32 Å². The van der Waals surface area contributed by atoms with Gasteiger partial charge in [-0.05, 0) is 54.1 Å². The second kappa shape index (κ2) is 11.4. The molecule has 1 aliphatic heterocycles. The molecule has 10 heteroatoms. The normalized spacial score (nSPS) is 14.9. The van der Waals surface area contributed by atoms with Crippen LogP contribution >= 0.6 is 39.3 Å². The minimum absolute atomic E-state index is 0.109. The highest BCUT2D eigenvalue weighted by molar-refractivity contribution is 9.10. The Kier molecular flexibility index (Phi) is 8.33. The molecule has 2 aromatic carbocycles. The molecule has 4 rings (SSSR count). The van der Waals surface area contributed by atoms with Crippen LogP contribution in [0.1, 0.15) is 17.5 Å². The van der Waals surface area contributed by atoms with E-state index in [0.29, 0.717) is 28.6 Å². The second-order valence-corrected chi connectivity index (χ2v) is 10.2. The molecule has 3 amide bonds. The van der Waals surface area contributed by atoms with Crippen molar-refractivity contribution in [1.82, 2.24) is 14.8 Å². The van der Waals surface area contributed by atoms with E-state index in [0.717, 1.165) is 39.1 Å². The van der Waals surface area contributed by atoms with Gasteiger partial charge in [0, 0.05) is 52.4 Å². The van der Waals surface area contributed by atoms with Crippen LogP contribution in [0, 0.1) is 0 Å². The van der Waals surface area contributed by atoms with Gasteiger partial charge in [-0.3, -0.25) is 19.3 Å². The number of nitrogens with zero attached hydrogens (tertiary/aromatic N) is 2. The highest BCUT2D eigenvalue weighted by atomic mass is 79.9. The van der Waals surface area contributed by atoms with Crippen molar-refractivity contribution >= 4 is 73.3 Å². The molecule has 182 valence electrons. The SMILES string of the molecule is COCCCNC(=O)Cn1cc(/C=C2\SC(=O)N(Cc3ccccc3Cl)C2=O)c2cc(Br)ccc21. The lowest BCUT2D eigenvalue weighted by Crippen LogP contribution is -2.28. The van der Waals surface area contributed by atoms with Crippen molar-refractivity contribution in [3.63, 3.8) is 0 Å². The first kappa shape index (κ1) is 25.5. The van der Waals surface area contributed by atoms with Gasteiger partial charge >= 0.3 is 0 Å². The Labute approximate surface area is 220 Å². The van der Waals surface area contributed by atoms with Gasteiger partial charge < -0.3 is 14.6 Å². The van der Waals surface area contributed by atoms with Gasteiger partial charge in [-0.15, -0.1) is 0 Å². The maximum absolute atomic E-state index is 13.1. The summed E-state index contributed by atoms with van der Waals surface area (Å²) < 4.78 is 7.72. The zero-order chi connectivity index (χ0) is 24.9. The van der Waals surface area contributed by atoms with Gasteiger partial charge in [0.2, 0.25) is 5.91 Å². The third-order valence-corrected chi connectivity index (χ3v) is 7.25. The Morgan fingerprint density at radius 2 is 2.03 bits per heavy atom. The van der Waals surface area contributed by atoms with Crippen molar-refractivity contribution in [3.05, 3.63) is 74.2 Å². The number of ether oxygens (including phenoxy) is 1. The number of fused-ring (bicyclic) bond motifs is 1. The van der Waals surface area contributed by atoms with Crippen molar-refractivity contribution in [2.24, 2.45) is 0 Å². The third-order valence-electron chi connectivity index (χ3n) is 5.48. The van der Waals surface area contributed by atoms with Crippen molar-refractivity contribution in [1.29, 1.82) is 0 Å². The number of nitrogens with one attached hydrogen (secondary N) is 1. The summed E-state index contributed by atoms with van der Waals surface area (Å²) in [4.78, 5) is 39.7. The summed E-state index contributed by atoms with van der Waals surface area (Å²) in [6, 6.07) is 12.9. The van der Waals surface area contributed by atoms with Gasteiger partial charge in [0.05, 0.1) is 11.4 Å². The average molecular weight is 577 g/mol. The van der Waals surface area contributed by atoms with E-state index in [1.165, 1.54) is 4.90 Å². The summed E-state index contributed by atoms with van der Waals surface area (Å²) in [6.45, 7) is 1.35. The molecule has 1 saturated heterocycles. The van der Waals surface area contributed by atoms with Gasteiger partial charge in [-0.25, -0.2) is 0 Å². The number of halogens is 2. The summed E-state index contributed by atoms with van der Waals surface area (Å²) in [7, 11) is 1.62. The molecule has 0 unspecified atom stereocenters. The number of imide groups is 1. The predicted octanol–water partition coefficient (Wildman–Crippen LogP) is 5.45. The fraction of sp³-hybridized carbons (Fsp3) is 0.240. The number of hydrogen-bond acceptors (Lipinski definition) is 5. The van der Waals surface area contributed by atoms with Crippen LogP contribution in [0.15, 0.2) is 58.0 Å². The van der Waals surface area contributed by atoms with Crippen LogP contribution in [0.25, 0.3) is 17.0 Å². The predicted molar refractivity (Wildman–Crippen MR) is 142 cm³/mol. The van der Waals surface area contributed by atoms with E-state index >= 15 is 0 Å². The van der Waals surface area contributed by atoms with E-state index in [9.17, 15) is 14.4 Å². The largest absolute Gasteiger partial charge is 0.385 e. The van der Waals surface area contributed by atoms with Gasteiger partial charge in [-0.2, -0.15) is 0 Å². The van der Waals surface area contributed by atoms with Gasteiger partial charge in [0.1, 0.15) is 6.54 Å². The summed E-state index contributed by atoms with van der Waals surface area (Å²) in [6.07, 6.45) is 4.27. The number of thioether (sulfide) groups is 1. The number of benzene rings is 2. The molecule has 0 spiro atoms.